The van der Waals surface area contributed by atoms with Gasteiger partial charge in [-0.3, -0.25) is 34.2 Å². The fourth-order valence-electron chi connectivity index (χ4n) is 3.77. The highest BCUT2D eigenvalue weighted by atomic mass is 16.5. The van der Waals surface area contributed by atoms with Crippen molar-refractivity contribution < 1.29 is 43.3 Å². The Balaban J connectivity index is 1.40. The van der Waals surface area contributed by atoms with Crippen LogP contribution in [-0.4, -0.2) is 105 Å². The molecule has 36 heavy (non-hydrogen) atoms. The van der Waals surface area contributed by atoms with Crippen LogP contribution in [0.15, 0.2) is 18.2 Å². The highest BCUT2D eigenvalue weighted by Gasteiger charge is 2.45. The van der Waals surface area contributed by atoms with Crippen molar-refractivity contribution in [2.45, 2.75) is 18.9 Å². The number of piperidine rings is 1. The van der Waals surface area contributed by atoms with Gasteiger partial charge in [0, 0.05) is 18.7 Å². The smallest absolute Gasteiger partial charge is 0.264 e. The molecule has 0 saturated carbocycles. The lowest BCUT2D eigenvalue weighted by atomic mass is 10.0. The zero-order valence-electron chi connectivity index (χ0n) is 19.7. The first-order valence-corrected chi connectivity index (χ1v) is 11.6. The Labute approximate surface area is 207 Å². The van der Waals surface area contributed by atoms with E-state index >= 15 is 0 Å². The molecular formula is C23H30N4O9. The minimum Gasteiger partial charge on any atom is -0.394 e. The quantitative estimate of drug-likeness (QED) is 0.165. The fourth-order valence-corrected chi connectivity index (χ4v) is 3.77. The van der Waals surface area contributed by atoms with Gasteiger partial charge in [-0.05, 0) is 18.6 Å². The van der Waals surface area contributed by atoms with Gasteiger partial charge >= 0.3 is 0 Å². The summed E-state index contributed by atoms with van der Waals surface area (Å²) < 4.78 is 15.7. The molecule has 0 aromatic heterocycles. The van der Waals surface area contributed by atoms with Crippen LogP contribution >= 0.6 is 0 Å². The topological polar surface area (TPSA) is 173 Å². The van der Waals surface area contributed by atoms with Gasteiger partial charge in [0.25, 0.3) is 11.8 Å². The summed E-state index contributed by atoms with van der Waals surface area (Å²) in [7, 11) is 0. The molecule has 0 radical (unpaired) electrons. The first kappa shape index (κ1) is 27.2. The number of fused-ring (bicyclic) bond motifs is 1. The van der Waals surface area contributed by atoms with Gasteiger partial charge in [-0.15, -0.1) is 0 Å². The van der Waals surface area contributed by atoms with E-state index in [1.165, 1.54) is 6.07 Å². The Kier molecular flexibility index (Phi) is 10.3. The van der Waals surface area contributed by atoms with Crippen LogP contribution in [0.5, 0.6) is 0 Å². The van der Waals surface area contributed by atoms with Crippen molar-refractivity contribution in [2.75, 3.05) is 64.7 Å². The molecule has 5 amide bonds. The number of ether oxygens (including phenoxy) is 3. The first-order valence-electron chi connectivity index (χ1n) is 11.6. The summed E-state index contributed by atoms with van der Waals surface area (Å²) in [5.74, 6) is -2.73. The zero-order valence-corrected chi connectivity index (χ0v) is 19.7. The standard InChI is InChI=1S/C23H30N4O9/c28-7-9-35-11-13-36-12-10-34-8-6-24-19(30)14-25-16-3-1-2-15-20(16)23(33)27(22(15)32)17-4-5-18(29)26-21(17)31/h1-3,17,25,28H,4-14H2,(H,24,30)(H,26,29,31). The molecule has 196 valence electrons. The lowest BCUT2D eigenvalue weighted by molar-refractivity contribution is -0.136. The molecule has 1 saturated heterocycles. The number of hydrogen-bond acceptors (Lipinski definition) is 10. The van der Waals surface area contributed by atoms with Gasteiger partial charge in [0.1, 0.15) is 6.04 Å². The summed E-state index contributed by atoms with van der Waals surface area (Å²) in [6, 6.07) is 3.57. The summed E-state index contributed by atoms with van der Waals surface area (Å²) in [4.78, 5) is 62.6. The third-order valence-electron chi connectivity index (χ3n) is 5.46. The number of nitrogens with one attached hydrogen (secondary N) is 3. The minimum atomic E-state index is -1.06. The number of benzene rings is 1. The Morgan fingerprint density at radius 1 is 1.00 bits per heavy atom. The van der Waals surface area contributed by atoms with Crippen molar-refractivity contribution in [3.8, 4) is 0 Å². The average Bonchev–Trinajstić information content (AvgIpc) is 3.11. The number of anilines is 1. The van der Waals surface area contributed by atoms with Gasteiger partial charge in [-0.25, -0.2) is 0 Å². The van der Waals surface area contributed by atoms with Crippen molar-refractivity contribution in [1.82, 2.24) is 15.5 Å². The highest BCUT2D eigenvalue weighted by Crippen LogP contribution is 2.32. The summed E-state index contributed by atoms with van der Waals surface area (Å²) in [6.07, 6.45) is 0.0980. The molecule has 1 atom stereocenters. The van der Waals surface area contributed by atoms with Gasteiger partial charge in [0.2, 0.25) is 17.7 Å². The molecule has 2 aliphatic rings. The number of carbonyl (C=O) groups is 5. The molecule has 2 heterocycles. The maximum absolute atomic E-state index is 13.0. The predicted molar refractivity (Wildman–Crippen MR) is 124 cm³/mol. The second-order valence-corrected chi connectivity index (χ2v) is 7.94. The molecule has 1 fully saturated rings. The number of carbonyl (C=O) groups excluding carboxylic acids is 5. The van der Waals surface area contributed by atoms with E-state index in [0.717, 1.165) is 4.90 Å². The van der Waals surface area contributed by atoms with Gasteiger partial charge in [-0.1, -0.05) is 6.07 Å². The second-order valence-electron chi connectivity index (χ2n) is 7.94. The van der Waals surface area contributed by atoms with Crippen molar-refractivity contribution in [3.05, 3.63) is 29.3 Å². The number of imide groups is 2. The first-order chi connectivity index (χ1) is 17.4. The Bertz CT molecular complexity index is 984. The van der Waals surface area contributed by atoms with Crippen LogP contribution in [0.25, 0.3) is 0 Å². The Morgan fingerprint density at radius 2 is 1.69 bits per heavy atom. The number of aliphatic hydroxyl groups excluding tert-OH is 1. The van der Waals surface area contributed by atoms with Crippen LogP contribution in [-0.2, 0) is 28.6 Å². The largest absolute Gasteiger partial charge is 0.394 e. The van der Waals surface area contributed by atoms with E-state index in [9.17, 15) is 24.0 Å². The van der Waals surface area contributed by atoms with E-state index in [-0.39, 0.29) is 62.8 Å². The Morgan fingerprint density at radius 3 is 2.39 bits per heavy atom. The van der Waals surface area contributed by atoms with Gasteiger partial charge in [0.05, 0.1) is 63.9 Å². The van der Waals surface area contributed by atoms with Gasteiger partial charge in [-0.2, -0.15) is 0 Å². The van der Waals surface area contributed by atoms with Crippen molar-refractivity contribution in [2.24, 2.45) is 0 Å². The van der Waals surface area contributed by atoms with Crippen LogP contribution in [0.1, 0.15) is 33.6 Å². The summed E-state index contributed by atoms with van der Waals surface area (Å²) in [5.41, 5.74) is 0.517. The number of aliphatic hydroxyl groups is 1. The second kappa shape index (κ2) is 13.6. The molecule has 13 nitrogen and oxygen atoms in total. The molecule has 0 bridgehead atoms. The van der Waals surface area contributed by atoms with E-state index in [1.54, 1.807) is 12.1 Å². The molecule has 0 aliphatic carbocycles. The molecule has 4 N–H and O–H groups in total. The van der Waals surface area contributed by atoms with E-state index in [2.05, 4.69) is 16.0 Å². The molecule has 13 heteroatoms. The SMILES string of the molecule is O=C(CNc1cccc2c1C(=O)N(C1CCC(=O)NC1=O)C2=O)NCCOCCOCCOCCO. The molecule has 1 aromatic carbocycles. The number of nitrogens with zero attached hydrogens (tertiary/aromatic N) is 1. The van der Waals surface area contributed by atoms with E-state index in [0.29, 0.717) is 32.1 Å². The fraction of sp³-hybridized carbons (Fsp3) is 0.522. The summed E-state index contributed by atoms with van der Waals surface area (Å²) >= 11 is 0. The van der Waals surface area contributed by atoms with Crippen LogP contribution < -0.4 is 16.0 Å². The zero-order chi connectivity index (χ0) is 25.9. The maximum atomic E-state index is 13.0. The van der Waals surface area contributed by atoms with E-state index in [1.807, 2.05) is 0 Å². The normalized spacial score (nSPS) is 17.2. The van der Waals surface area contributed by atoms with Gasteiger partial charge in [0.15, 0.2) is 0 Å². The lowest BCUT2D eigenvalue weighted by Crippen LogP contribution is -2.54. The third kappa shape index (κ3) is 7.07. The van der Waals surface area contributed by atoms with Gasteiger partial charge < -0.3 is 30.0 Å². The molecule has 2 aliphatic heterocycles. The molecular weight excluding hydrogens is 476 g/mol. The average molecular weight is 507 g/mol. The predicted octanol–water partition coefficient (Wildman–Crippen LogP) is -1.34. The number of amides is 5. The number of rotatable bonds is 15. The van der Waals surface area contributed by atoms with E-state index < -0.39 is 29.7 Å². The van der Waals surface area contributed by atoms with Crippen molar-refractivity contribution >= 4 is 35.2 Å². The molecule has 0 spiro atoms. The van der Waals surface area contributed by atoms with Crippen molar-refractivity contribution in [3.63, 3.8) is 0 Å². The Hall–Kier alpha value is -3.39. The maximum Gasteiger partial charge on any atom is 0.264 e. The third-order valence-corrected chi connectivity index (χ3v) is 5.46. The summed E-state index contributed by atoms with van der Waals surface area (Å²) in [6.45, 7) is 2.17. The van der Waals surface area contributed by atoms with Crippen LogP contribution in [0.3, 0.4) is 0 Å². The molecule has 1 unspecified atom stereocenters. The molecule has 3 rings (SSSR count). The van der Waals surface area contributed by atoms with Crippen LogP contribution in [0, 0.1) is 0 Å². The minimum absolute atomic E-state index is 0.0289. The monoisotopic (exact) mass is 506 g/mol. The van der Waals surface area contributed by atoms with Crippen molar-refractivity contribution in [1.29, 1.82) is 0 Å². The van der Waals surface area contributed by atoms with Crippen LogP contribution in [0.4, 0.5) is 5.69 Å². The summed E-state index contributed by atoms with van der Waals surface area (Å²) in [5, 5.41) is 16.3. The highest BCUT2D eigenvalue weighted by molar-refractivity contribution is 6.25. The van der Waals surface area contributed by atoms with Crippen LogP contribution in [0.2, 0.25) is 0 Å². The molecule has 1 aromatic rings. The lowest BCUT2D eigenvalue weighted by Gasteiger charge is -2.27. The number of hydrogen-bond donors (Lipinski definition) is 4. The van der Waals surface area contributed by atoms with E-state index in [4.69, 9.17) is 19.3 Å².